The molecular weight excluding hydrogens is 490 g/mol. The Morgan fingerprint density at radius 3 is 2.55 bits per heavy atom. The first kappa shape index (κ1) is 25.8. The number of carbonyl (C=O) groups is 1. The first-order chi connectivity index (χ1) is 18.3. The minimum absolute atomic E-state index is 0.0591. The summed E-state index contributed by atoms with van der Waals surface area (Å²) in [5, 5.41) is 25.1. The van der Waals surface area contributed by atoms with Crippen LogP contribution in [-0.2, 0) is 24.3 Å². The van der Waals surface area contributed by atoms with Gasteiger partial charge in [0.25, 0.3) is 0 Å². The molecule has 2 aliphatic heterocycles. The largest absolute Gasteiger partial charge is 0.390 e. The summed E-state index contributed by atoms with van der Waals surface area (Å²) in [7, 11) is 0. The van der Waals surface area contributed by atoms with E-state index in [4.69, 9.17) is 5.10 Å². The number of carbonyl (C=O) groups excluding carboxylic acids is 1. The first-order valence-electron chi connectivity index (χ1n) is 12.8. The number of β-amino-alcohol motifs (C(OH)–C–C–N with tert-alkyl or cyclic N) is 1. The fourth-order valence-corrected chi connectivity index (χ4v) is 5.36. The summed E-state index contributed by atoms with van der Waals surface area (Å²) >= 11 is 0. The maximum atomic E-state index is 14.0. The van der Waals surface area contributed by atoms with Crippen LogP contribution >= 0.6 is 0 Å². The van der Waals surface area contributed by atoms with Gasteiger partial charge in [0.1, 0.15) is 6.07 Å². The van der Waals surface area contributed by atoms with Crippen molar-refractivity contribution in [1.82, 2.24) is 19.6 Å². The van der Waals surface area contributed by atoms with E-state index >= 15 is 0 Å². The highest BCUT2D eigenvalue weighted by molar-refractivity contribution is 5.74. The van der Waals surface area contributed by atoms with Crippen LogP contribution in [0.25, 0.3) is 11.3 Å². The molecule has 1 N–H and O–H groups in total. The molecule has 1 saturated heterocycles. The van der Waals surface area contributed by atoms with Crippen LogP contribution in [0.1, 0.15) is 23.7 Å². The van der Waals surface area contributed by atoms with Gasteiger partial charge in [0.2, 0.25) is 5.91 Å². The molecule has 1 atom stereocenters. The number of benzene rings is 2. The van der Waals surface area contributed by atoms with Gasteiger partial charge in [-0.25, -0.2) is 8.78 Å². The minimum Gasteiger partial charge on any atom is -0.390 e. The predicted octanol–water partition coefficient (Wildman–Crippen LogP) is 2.79. The Labute approximate surface area is 220 Å². The number of aliphatic hydroxyl groups excluding tert-OH is 1. The molecule has 10 heteroatoms. The Balaban J connectivity index is 1.29. The van der Waals surface area contributed by atoms with Gasteiger partial charge in [-0.05, 0) is 30.3 Å². The molecule has 0 spiro atoms. The van der Waals surface area contributed by atoms with Gasteiger partial charge >= 0.3 is 0 Å². The predicted molar refractivity (Wildman–Crippen MR) is 138 cm³/mol. The van der Waals surface area contributed by atoms with Crippen molar-refractivity contribution in [3.8, 4) is 17.3 Å². The number of rotatable bonds is 6. The topological polar surface area (TPSA) is 88.6 Å². The van der Waals surface area contributed by atoms with Crippen molar-refractivity contribution in [3.63, 3.8) is 0 Å². The Morgan fingerprint density at radius 2 is 1.84 bits per heavy atom. The number of nitriles is 1. The number of nitrogens with zero attached hydrogens (tertiary/aromatic N) is 6. The van der Waals surface area contributed by atoms with Crippen LogP contribution in [-0.4, -0.2) is 76.0 Å². The standard InChI is InChI=1S/C28H30F2N6O2/c1-19(37)35-9-8-27-23(18-35)28(20-6-7-24(29)25(30)14-20)32-36(27)17-22(38)16-33-10-12-34(13-11-33)26-5-3-2-4-21(26)15-31/h2-7,14,22,38H,8-13,16-18H2,1H3. The summed E-state index contributed by atoms with van der Waals surface area (Å²) in [5.41, 5.74) is 4.23. The van der Waals surface area contributed by atoms with Crippen molar-refractivity contribution >= 4 is 11.6 Å². The van der Waals surface area contributed by atoms with Gasteiger partial charge in [0.05, 0.1) is 29.6 Å². The van der Waals surface area contributed by atoms with Crippen molar-refractivity contribution in [2.75, 3.05) is 44.2 Å². The zero-order valence-electron chi connectivity index (χ0n) is 21.3. The SMILES string of the molecule is CC(=O)N1CCc2c(c(-c3ccc(F)c(F)c3)nn2CC(O)CN2CCN(c3ccccc3C#N)CC2)C1. The number of hydrogen-bond donors (Lipinski definition) is 1. The number of aromatic nitrogens is 2. The molecule has 198 valence electrons. The maximum absolute atomic E-state index is 14.0. The van der Waals surface area contributed by atoms with E-state index in [9.17, 15) is 23.9 Å². The summed E-state index contributed by atoms with van der Waals surface area (Å²) in [6.07, 6.45) is -0.129. The zero-order valence-corrected chi connectivity index (χ0v) is 21.3. The van der Waals surface area contributed by atoms with Crippen molar-refractivity contribution in [2.45, 2.75) is 32.5 Å². The van der Waals surface area contributed by atoms with Crippen LogP contribution in [0.5, 0.6) is 0 Å². The van der Waals surface area contributed by atoms with Crippen LogP contribution in [0.4, 0.5) is 14.5 Å². The number of hydrogen-bond acceptors (Lipinski definition) is 6. The van der Waals surface area contributed by atoms with E-state index in [1.807, 2.05) is 24.3 Å². The Hall–Kier alpha value is -3.81. The number of anilines is 1. The molecule has 8 nitrogen and oxygen atoms in total. The lowest BCUT2D eigenvalue weighted by Crippen LogP contribution is -2.49. The number of piperazine rings is 1. The van der Waals surface area contributed by atoms with Gasteiger partial charge < -0.3 is 14.9 Å². The lowest BCUT2D eigenvalue weighted by atomic mass is 10.0. The van der Waals surface area contributed by atoms with E-state index in [0.717, 1.165) is 55.3 Å². The number of aliphatic hydroxyl groups is 1. The lowest BCUT2D eigenvalue weighted by Gasteiger charge is -2.37. The number of fused-ring (bicyclic) bond motifs is 1. The first-order valence-corrected chi connectivity index (χ1v) is 12.8. The van der Waals surface area contributed by atoms with Crippen molar-refractivity contribution in [1.29, 1.82) is 5.26 Å². The zero-order chi connectivity index (χ0) is 26.8. The van der Waals surface area contributed by atoms with E-state index in [1.165, 1.54) is 13.0 Å². The van der Waals surface area contributed by atoms with Gasteiger partial charge in [0.15, 0.2) is 11.6 Å². The van der Waals surface area contributed by atoms with Gasteiger partial charge in [0, 0.05) is 76.0 Å². The second-order valence-electron chi connectivity index (χ2n) is 9.85. The van der Waals surface area contributed by atoms with E-state index < -0.39 is 17.7 Å². The molecule has 0 aliphatic carbocycles. The van der Waals surface area contributed by atoms with E-state index in [1.54, 1.807) is 9.58 Å². The molecule has 5 rings (SSSR count). The van der Waals surface area contributed by atoms with Crippen LogP contribution < -0.4 is 4.90 Å². The van der Waals surface area contributed by atoms with E-state index in [0.29, 0.717) is 42.9 Å². The molecule has 1 unspecified atom stereocenters. The fourth-order valence-electron chi connectivity index (χ4n) is 5.36. The van der Waals surface area contributed by atoms with Crippen molar-refractivity contribution in [2.24, 2.45) is 0 Å². The highest BCUT2D eigenvalue weighted by atomic mass is 19.2. The van der Waals surface area contributed by atoms with Crippen LogP contribution in [0.2, 0.25) is 0 Å². The molecule has 2 aliphatic rings. The fraction of sp³-hybridized carbons (Fsp3) is 0.393. The van der Waals surface area contributed by atoms with Gasteiger partial charge in [-0.3, -0.25) is 14.4 Å². The van der Waals surface area contributed by atoms with E-state index in [-0.39, 0.29) is 12.5 Å². The highest BCUT2D eigenvalue weighted by Gasteiger charge is 2.28. The minimum atomic E-state index is -0.957. The number of para-hydroxylation sites is 1. The van der Waals surface area contributed by atoms with Gasteiger partial charge in [-0.15, -0.1) is 0 Å². The van der Waals surface area contributed by atoms with Crippen LogP contribution in [0, 0.1) is 23.0 Å². The monoisotopic (exact) mass is 520 g/mol. The smallest absolute Gasteiger partial charge is 0.219 e. The Morgan fingerprint density at radius 1 is 1.08 bits per heavy atom. The quantitative estimate of drug-likeness (QED) is 0.538. The molecule has 1 fully saturated rings. The molecule has 1 amide bonds. The second kappa shape index (κ2) is 10.9. The molecule has 1 aromatic heterocycles. The molecule has 0 bridgehead atoms. The molecule has 38 heavy (non-hydrogen) atoms. The average molecular weight is 521 g/mol. The molecule has 3 heterocycles. The third-order valence-electron chi connectivity index (χ3n) is 7.36. The number of amides is 1. The van der Waals surface area contributed by atoms with Gasteiger partial charge in [-0.1, -0.05) is 12.1 Å². The lowest BCUT2D eigenvalue weighted by molar-refractivity contribution is -0.129. The second-order valence-corrected chi connectivity index (χ2v) is 9.85. The summed E-state index contributed by atoms with van der Waals surface area (Å²) in [4.78, 5) is 18.1. The summed E-state index contributed by atoms with van der Waals surface area (Å²) in [6.45, 7) is 6.10. The average Bonchev–Trinajstić information content (AvgIpc) is 3.28. The van der Waals surface area contributed by atoms with Crippen LogP contribution in [0.3, 0.4) is 0 Å². The highest BCUT2D eigenvalue weighted by Crippen LogP contribution is 2.31. The normalized spacial score (nSPS) is 16.7. The van der Waals surface area contributed by atoms with Gasteiger partial charge in [-0.2, -0.15) is 10.4 Å². The van der Waals surface area contributed by atoms with E-state index in [2.05, 4.69) is 15.9 Å². The Kier molecular flexibility index (Phi) is 7.40. The molecular formula is C28H30F2N6O2. The summed E-state index contributed by atoms with van der Waals surface area (Å²) < 4.78 is 29.3. The molecule has 3 aromatic rings. The number of halogens is 2. The third-order valence-corrected chi connectivity index (χ3v) is 7.36. The molecule has 0 saturated carbocycles. The third kappa shape index (κ3) is 5.26. The molecule has 2 aromatic carbocycles. The maximum Gasteiger partial charge on any atom is 0.219 e. The molecule has 0 radical (unpaired) electrons. The van der Waals surface area contributed by atoms with Crippen molar-refractivity contribution < 1.29 is 18.7 Å². The van der Waals surface area contributed by atoms with Crippen molar-refractivity contribution in [3.05, 3.63) is 70.9 Å². The summed E-state index contributed by atoms with van der Waals surface area (Å²) in [6, 6.07) is 13.5. The van der Waals surface area contributed by atoms with Crippen LogP contribution in [0.15, 0.2) is 42.5 Å². The summed E-state index contributed by atoms with van der Waals surface area (Å²) in [5.74, 6) is -1.95. The Bertz CT molecular complexity index is 1380.